The van der Waals surface area contributed by atoms with E-state index < -0.39 is 0 Å². The molecule has 0 radical (unpaired) electrons. The largest absolute Gasteiger partial charge is 0.319 e. The van der Waals surface area contributed by atoms with Crippen molar-refractivity contribution in [1.29, 1.82) is 0 Å². The first-order chi connectivity index (χ1) is 8.84. The van der Waals surface area contributed by atoms with Gasteiger partial charge in [0.25, 0.3) is 0 Å². The van der Waals surface area contributed by atoms with Crippen LogP contribution in [0, 0.1) is 0 Å². The minimum Gasteiger partial charge on any atom is -0.319 e. The molecule has 1 atom stereocenters. The Morgan fingerprint density at radius 3 is 2.78 bits per heavy atom. The number of hydrogen-bond acceptors (Lipinski definition) is 3. The monoisotopic (exact) mass is 239 g/mol. The lowest BCUT2D eigenvalue weighted by Crippen LogP contribution is -2.15. The van der Waals surface area contributed by atoms with Gasteiger partial charge >= 0.3 is 0 Å². The highest BCUT2D eigenvalue weighted by atomic mass is 14.8. The zero-order chi connectivity index (χ0) is 12.4. The maximum absolute atomic E-state index is 6.25. The van der Waals surface area contributed by atoms with Crippen molar-refractivity contribution in [2.45, 2.75) is 31.2 Å². The second kappa shape index (κ2) is 4.86. The maximum Gasteiger partial charge on any atom is 0.115 e. The molecule has 1 aromatic heterocycles. The van der Waals surface area contributed by atoms with Gasteiger partial charge in [-0.05, 0) is 36.0 Å². The molecule has 1 aliphatic rings. The molecular weight excluding hydrogens is 222 g/mol. The molecule has 2 aromatic rings. The van der Waals surface area contributed by atoms with E-state index in [9.17, 15) is 0 Å². The Kier molecular flexibility index (Phi) is 3.07. The lowest BCUT2D eigenvalue weighted by molar-refractivity contribution is 0.419. The predicted molar refractivity (Wildman–Crippen MR) is 71.1 cm³/mol. The van der Waals surface area contributed by atoms with E-state index in [1.54, 1.807) is 12.5 Å². The van der Waals surface area contributed by atoms with Crippen LogP contribution < -0.4 is 5.73 Å². The molecule has 0 amide bonds. The number of hydrogen-bond donors (Lipinski definition) is 1. The van der Waals surface area contributed by atoms with Crippen molar-refractivity contribution < 1.29 is 0 Å². The third-order valence-electron chi connectivity index (χ3n) is 3.77. The number of nitrogens with two attached hydrogens (primary N) is 1. The van der Waals surface area contributed by atoms with Gasteiger partial charge in [-0.1, -0.05) is 30.7 Å². The maximum atomic E-state index is 6.25. The van der Waals surface area contributed by atoms with Crippen LogP contribution in [0.4, 0.5) is 0 Å². The second-order valence-corrected chi connectivity index (χ2v) is 4.91. The van der Waals surface area contributed by atoms with E-state index in [0.29, 0.717) is 0 Å². The van der Waals surface area contributed by atoms with Crippen LogP contribution in [0.5, 0.6) is 0 Å². The molecule has 1 aromatic carbocycles. The van der Waals surface area contributed by atoms with Gasteiger partial charge in [-0.15, -0.1) is 0 Å². The van der Waals surface area contributed by atoms with Crippen LogP contribution in [0.15, 0.2) is 42.9 Å². The molecule has 1 unspecified atom stereocenters. The molecule has 3 nitrogen and oxygen atoms in total. The SMILES string of the molecule is NC(c1cccc(C2CCC2)c1)c1ccncn1. The average molecular weight is 239 g/mol. The summed E-state index contributed by atoms with van der Waals surface area (Å²) in [6.07, 6.45) is 7.26. The number of benzene rings is 1. The van der Waals surface area contributed by atoms with Gasteiger partial charge in [-0.3, -0.25) is 0 Å². The average Bonchev–Trinajstić information content (AvgIpc) is 2.37. The van der Waals surface area contributed by atoms with Gasteiger partial charge in [0.15, 0.2) is 0 Å². The fourth-order valence-corrected chi connectivity index (χ4v) is 2.40. The van der Waals surface area contributed by atoms with Crippen molar-refractivity contribution in [2.75, 3.05) is 0 Å². The lowest BCUT2D eigenvalue weighted by Gasteiger charge is -2.26. The molecule has 1 fully saturated rings. The molecule has 0 bridgehead atoms. The molecule has 3 heteroatoms. The standard InChI is InChI=1S/C15H17N3/c16-15(14-7-8-17-10-18-14)13-6-2-5-12(9-13)11-3-1-4-11/h2,5-11,15H,1,3-4,16H2. The molecule has 3 rings (SSSR count). The summed E-state index contributed by atoms with van der Waals surface area (Å²) in [6, 6.07) is 10.3. The van der Waals surface area contributed by atoms with Crippen molar-refractivity contribution in [2.24, 2.45) is 5.73 Å². The Morgan fingerprint density at radius 2 is 2.11 bits per heavy atom. The van der Waals surface area contributed by atoms with Gasteiger partial charge in [0.05, 0.1) is 11.7 Å². The van der Waals surface area contributed by atoms with Crippen LogP contribution >= 0.6 is 0 Å². The van der Waals surface area contributed by atoms with E-state index in [4.69, 9.17) is 5.73 Å². The van der Waals surface area contributed by atoms with E-state index in [1.807, 2.05) is 6.07 Å². The molecule has 92 valence electrons. The first-order valence-corrected chi connectivity index (χ1v) is 6.46. The Labute approximate surface area is 107 Å². The van der Waals surface area contributed by atoms with Gasteiger partial charge in [0, 0.05) is 6.20 Å². The normalized spacial score (nSPS) is 17.2. The van der Waals surface area contributed by atoms with Crippen LogP contribution in [0.2, 0.25) is 0 Å². The molecular formula is C15H17N3. The van der Waals surface area contributed by atoms with Crippen LogP contribution in [-0.2, 0) is 0 Å². The minimum absolute atomic E-state index is 0.159. The zero-order valence-corrected chi connectivity index (χ0v) is 10.3. The number of nitrogens with zero attached hydrogens (tertiary/aromatic N) is 2. The van der Waals surface area contributed by atoms with E-state index in [2.05, 4.69) is 34.2 Å². The fraction of sp³-hybridized carbons (Fsp3) is 0.333. The summed E-state index contributed by atoms with van der Waals surface area (Å²) in [5, 5.41) is 0. The van der Waals surface area contributed by atoms with Crippen LogP contribution in [0.25, 0.3) is 0 Å². The van der Waals surface area contributed by atoms with Gasteiger partial charge in [0.2, 0.25) is 0 Å². The van der Waals surface area contributed by atoms with Crippen molar-refractivity contribution in [3.8, 4) is 0 Å². The third kappa shape index (κ3) is 2.14. The van der Waals surface area contributed by atoms with Crippen LogP contribution in [0.3, 0.4) is 0 Å². The topological polar surface area (TPSA) is 51.8 Å². The highest BCUT2D eigenvalue weighted by Crippen LogP contribution is 2.37. The van der Waals surface area contributed by atoms with Crippen molar-refractivity contribution in [3.63, 3.8) is 0 Å². The van der Waals surface area contributed by atoms with Crippen molar-refractivity contribution in [1.82, 2.24) is 9.97 Å². The molecule has 0 saturated heterocycles. The molecule has 18 heavy (non-hydrogen) atoms. The highest BCUT2D eigenvalue weighted by Gasteiger charge is 2.20. The summed E-state index contributed by atoms with van der Waals surface area (Å²) in [5.41, 5.74) is 9.68. The summed E-state index contributed by atoms with van der Waals surface area (Å²) < 4.78 is 0. The Morgan fingerprint density at radius 1 is 1.22 bits per heavy atom. The quantitative estimate of drug-likeness (QED) is 0.896. The highest BCUT2D eigenvalue weighted by molar-refractivity contribution is 5.33. The molecule has 2 N–H and O–H groups in total. The van der Waals surface area contributed by atoms with E-state index >= 15 is 0 Å². The van der Waals surface area contributed by atoms with Crippen LogP contribution in [-0.4, -0.2) is 9.97 Å². The molecule has 1 saturated carbocycles. The molecule has 1 aliphatic carbocycles. The molecule has 0 aliphatic heterocycles. The van der Waals surface area contributed by atoms with Crippen LogP contribution in [0.1, 0.15) is 48.0 Å². The van der Waals surface area contributed by atoms with E-state index in [1.165, 1.54) is 24.8 Å². The summed E-state index contributed by atoms with van der Waals surface area (Å²) >= 11 is 0. The first-order valence-electron chi connectivity index (χ1n) is 6.46. The van der Waals surface area contributed by atoms with E-state index in [-0.39, 0.29) is 6.04 Å². The first kappa shape index (κ1) is 11.4. The molecule has 0 spiro atoms. The number of rotatable bonds is 3. The van der Waals surface area contributed by atoms with Gasteiger partial charge in [-0.25, -0.2) is 9.97 Å². The van der Waals surface area contributed by atoms with Gasteiger partial charge in [0.1, 0.15) is 6.33 Å². The zero-order valence-electron chi connectivity index (χ0n) is 10.3. The number of aromatic nitrogens is 2. The Balaban J connectivity index is 1.87. The minimum atomic E-state index is -0.159. The summed E-state index contributed by atoms with van der Waals surface area (Å²) in [7, 11) is 0. The Bertz CT molecular complexity index is 520. The van der Waals surface area contributed by atoms with E-state index in [0.717, 1.165) is 17.2 Å². The van der Waals surface area contributed by atoms with Gasteiger partial charge in [-0.2, -0.15) is 0 Å². The summed E-state index contributed by atoms with van der Waals surface area (Å²) in [5.74, 6) is 0.738. The van der Waals surface area contributed by atoms with Crippen molar-refractivity contribution in [3.05, 3.63) is 59.7 Å². The third-order valence-corrected chi connectivity index (χ3v) is 3.77. The van der Waals surface area contributed by atoms with Gasteiger partial charge < -0.3 is 5.73 Å². The fourth-order valence-electron chi connectivity index (χ4n) is 2.40. The second-order valence-electron chi connectivity index (χ2n) is 4.91. The summed E-state index contributed by atoms with van der Waals surface area (Å²) in [6.45, 7) is 0. The smallest absolute Gasteiger partial charge is 0.115 e. The predicted octanol–water partition coefficient (Wildman–Crippen LogP) is 2.79. The summed E-state index contributed by atoms with van der Waals surface area (Å²) in [4.78, 5) is 8.15. The lowest BCUT2D eigenvalue weighted by atomic mass is 9.79. The molecule has 1 heterocycles. The van der Waals surface area contributed by atoms with Crippen molar-refractivity contribution >= 4 is 0 Å². The Hall–Kier alpha value is -1.74.